The van der Waals surface area contributed by atoms with Crippen LogP contribution in [0.25, 0.3) is 0 Å². The molecule has 0 spiro atoms. The number of aryl methyl sites for hydroxylation is 1. The van der Waals surface area contributed by atoms with Gasteiger partial charge in [0.15, 0.2) is 5.16 Å². The first-order valence-electron chi connectivity index (χ1n) is 6.34. The Hall–Kier alpha value is -1.34. The summed E-state index contributed by atoms with van der Waals surface area (Å²) in [6.45, 7) is 5.08. The summed E-state index contributed by atoms with van der Waals surface area (Å²) in [7, 11) is 0. The molecule has 0 saturated carbocycles. The Morgan fingerprint density at radius 3 is 2.89 bits per heavy atom. The zero-order valence-corrected chi connectivity index (χ0v) is 11.8. The van der Waals surface area contributed by atoms with Gasteiger partial charge in [0.05, 0.1) is 0 Å². The molecular weight excluding hydrogens is 264 g/mol. The molecule has 19 heavy (non-hydrogen) atoms. The van der Waals surface area contributed by atoms with E-state index in [1.165, 1.54) is 17.8 Å². The van der Waals surface area contributed by atoms with Crippen molar-refractivity contribution in [2.75, 3.05) is 31.9 Å². The lowest BCUT2D eigenvalue weighted by molar-refractivity contribution is -0.131. The number of carbonyl (C=O) groups excluding carboxylic acids is 1. The first-order valence-corrected chi connectivity index (χ1v) is 7.33. The van der Waals surface area contributed by atoms with Crippen LogP contribution in [0.5, 0.6) is 0 Å². The Labute approximate surface area is 116 Å². The van der Waals surface area contributed by atoms with E-state index in [4.69, 9.17) is 0 Å². The lowest BCUT2D eigenvalue weighted by atomic mass is 10.3. The molecule has 1 aromatic rings. The molecule has 104 valence electrons. The Morgan fingerprint density at radius 1 is 1.47 bits per heavy atom. The molecular formula is C12H18N4O2S. The summed E-state index contributed by atoms with van der Waals surface area (Å²) in [4.78, 5) is 31.9. The van der Waals surface area contributed by atoms with Crippen LogP contribution in [0.3, 0.4) is 0 Å². The molecule has 6 nitrogen and oxygen atoms in total. The Balaban J connectivity index is 1.79. The van der Waals surface area contributed by atoms with Crippen LogP contribution in [0, 0.1) is 6.92 Å². The number of H-pyrrole nitrogens is 1. The van der Waals surface area contributed by atoms with Gasteiger partial charge in [-0.1, -0.05) is 11.8 Å². The number of hydrogen-bond donors (Lipinski definition) is 2. The average Bonchev–Trinajstić information content (AvgIpc) is 2.38. The van der Waals surface area contributed by atoms with Crippen LogP contribution in [-0.4, -0.2) is 52.7 Å². The van der Waals surface area contributed by atoms with Gasteiger partial charge in [-0.25, -0.2) is 4.98 Å². The minimum absolute atomic E-state index is 0.150. The van der Waals surface area contributed by atoms with Gasteiger partial charge in [-0.2, -0.15) is 0 Å². The predicted molar refractivity (Wildman–Crippen MR) is 74.4 cm³/mol. The van der Waals surface area contributed by atoms with Gasteiger partial charge in [-0.15, -0.1) is 0 Å². The number of rotatable bonds is 4. The van der Waals surface area contributed by atoms with Crippen LogP contribution >= 0.6 is 11.8 Å². The SMILES string of the molecule is Cc1cc(=O)[nH]c(SCCC(=O)N2CCNCC2)n1. The van der Waals surface area contributed by atoms with Crippen molar-refractivity contribution >= 4 is 17.7 Å². The van der Waals surface area contributed by atoms with Crippen LogP contribution in [0.15, 0.2) is 16.0 Å². The van der Waals surface area contributed by atoms with Crippen molar-refractivity contribution in [2.24, 2.45) is 0 Å². The number of nitrogens with one attached hydrogen (secondary N) is 2. The Bertz CT molecular complexity index is 497. The van der Waals surface area contributed by atoms with Gasteiger partial charge < -0.3 is 15.2 Å². The summed E-state index contributed by atoms with van der Waals surface area (Å²) in [5, 5.41) is 3.80. The van der Waals surface area contributed by atoms with Crippen molar-refractivity contribution in [2.45, 2.75) is 18.5 Å². The molecule has 2 heterocycles. The molecule has 1 aromatic heterocycles. The summed E-state index contributed by atoms with van der Waals surface area (Å²) in [5.41, 5.74) is 0.545. The van der Waals surface area contributed by atoms with Crippen molar-refractivity contribution in [3.8, 4) is 0 Å². The number of nitrogens with zero attached hydrogens (tertiary/aromatic N) is 2. The minimum Gasteiger partial charge on any atom is -0.340 e. The fraction of sp³-hybridized carbons (Fsp3) is 0.583. The topological polar surface area (TPSA) is 78.1 Å². The first kappa shape index (κ1) is 14.1. The number of amides is 1. The first-order chi connectivity index (χ1) is 9.15. The molecule has 0 unspecified atom stereocenters. The highest BCUT2D eigenvalue weighted by atomic mass is 32.2. The molecule has 0 atom stereocenters. The molecule has 0 aliphatic carbocycles. The molecule has 7 heteroatoms. The molecule has 2 rings (SSSR count). The van der Waals surface area contributed by atoms with Gasteiger partial charge in [0.2, 0.25) is 5.91 Å². The highest BCUT2D eigenvalue weighted by molar-refractivity contribution is 7.99. The largest absolute Gasteiger partial charge is 0.340 e. The maximum Gasteiger partial charge on any atom is 0.251 e. The third kappa shape index (κ3) is 4.36. The predicted octanol–water partition coefficient (Wildman–Crippen LogP) is -0.00768. The summed E-state index contributed by atoms with van der Waals surface area (Å²) >= 11 is 1.41. The molecule has 1 saturated heterocycles. The lowest BCUT2D eigenvalue weighted by Gasteiger charge is -2.27. The fourth-order valence-electron chi connectivity index (χ4n) is 1.93. The third-order valence-corrected chi connectivity index (χ3v) is 3.75. The summed E-state index contributed by atoms with van der Waals surface area (Å²) < 4.78 is 0. The van der Waals surface area contributed by atoms with Crippen LogP contribution in [0.4, 0.5) is 0 Å². The number of aromatic amines is 1. The van der Waals surface area contributed by atoms with Crippen molar-refractivity contribution in [3.05, 3.63) is 22.1 Å². The van der Waals surface area contributed by atoms with Gasteiger partial charge in [0, 0.05) is 50.1 Å². The number of aromatic nitrogens is 2. The van der Waals surface area contributed by atoms with Gasteiger partial charge >= 0.3 is 0 Å². The minimum atomic E-state index is -0.150. The fourth-order valence-corrected chi connectivity index (χ4v) is 2.78. The van der Waals surface area contributed by atoms with E-state index in [1.807, 2.05) is 4.90 Å². The van der Waals surface area contributed by atoms with Crippen LogP contribution < -0.4 is 10.9 Å². The van der Waals surface area contributed by atoms with E-state index in [1.54, 1.807) is 6.92 Å². The highest BCUT2D eigenvalue weighted by Crippen LogP contribution is 2.13. The molecule has 1 aliphatic rings. The smallest absolute Gasteiger partial charge is 0.251 e. The van der Waals surface area contributed by atoms with Crippen LogP contribution in [0.1, 0.15) is 12.1 Å². The number of hydrogen-bond acceptors (Lipinski definition) is 5. The van der Waals surface area contributed by atoms with E-state index in [-0.39, 0.29) is 11.5 Å². The van der Waals surface area contributed by atoms with Crippen molar-refractivity contribution in [1.82, 2.24) is 20.2 Å². The molecule has 1 fully saturated rings. The number of piperazine rings is 1. The normalized spacial score (nSPS) is 15.5. The molecule has 0 bridgehead atoms. The van der Waals surface area contributed by atoms with E-state index in [9.17, 15) is 9.59 Å². The molecule has 0 radical (unpaired) electrons. The summed E-state index contributed by atoms with van der Waals surface area (Å²) in [6, 6.07) is 1.45. The van der Waals surface area contributed by atoms with E-state index >= 15 is 0 Å². The van der Waals surface area contributed by atoms with E-state index in [0.717, 1.165) is 26.2 Å². The number of thioether (sulfide) groups is 1. The van der Waals surface area contributed by atoms with E-state index in [2.05, 4.69) is 15.3 Å². The second kappa shape index (κ2) is 6.72. The summed E-state index contributed by atoms with van der Waals surface area (Å²) in [5.74, 6) is 0.804. The second-order valence-corrected chi connectivity index (χ2v) is 5.50. The Kier molecular flexibility index (Phi) is 4.98. The summed E-state index contributed by atoms with van der Waals surface area (Å²) in [6.07, 6.45) is 0.475. The quantitative estimate of drug-likeness (QED) is 0.600. The van der Waals surface area contributed by atoms with Crippen molar-refractivity contribution in [1.29, 1.82) is 0 Å². The molecule has 1 aliphatic heterocycles. The maximum absolute atomic E-state index is 11.9. The van der Waals surface area contributed by atoms with Gasteiger partial charge in [-0.3, -0.25) is 9.59 Å². The van der Waals surface area contributed by atoms with Crippen molar-refractivity contribution < 1.29 is 4.79 Å². The highest BCUT2D eigenvalue weighted by Gasteiger charge is 2.15. The lowest BCUT2D eigenvalue weighted by Crippen LogP contribution is -2.46. The van der Waals surface area contributed by atoms with Gasteiger partial charge in [0.25, 0.3) is 5.56 Å². The average molecular weight is 282 g/mol. The van der Waals surface area contributed by atoms with Crippen molar-refractivity contribution in [3.63, 3.8) is 0 Å². The standard InChI is InChI=1S/C12H18N4O2S/c1-9-8-10(17)15-12(14-9)19-7-2-11(18)16-5-3-13-4-6-16/h8,13H,2-7H2,1H3,(H,14,15,17). The molecule has 2 N–H and O–H groups in total. The Morgan fingerprint density at radius 2 is 2.21 bits per heavy atom. The van der Waals surface area contributed by atoms with Gasteiger partial charge in [-0.05, 0) is 6.92 Å². The van der Waals surface area contributed by atoms with E-state index in [0.29, 0.717) is 23.0 Å². The third-order valence-electron chi connectivity index (χ3n) is 2.87. The van der Waals surface area contributed by atoms with Crippen LogP contribution in [0.2, 0.25) is 0 Å². The van der Waals surface area contributed by atoms with E-state index < -0.39 is 0 Å². The monoisotopic (exact) mass is 282 g/mol. The number of carbonyl (C=O) groups is 1. The molecule has 1 amide bonds. The maximum atomic E-state index is 11.9. The van der Waals surface area contributed by atoms with Gasteiger partial charge in [0.1, 0.15) is 0 Å². The van der Waals surface area contributed by atoms with Crippen LogP contribution in [-0.2, 0) is 4.79 Å². The molecule has 0 aromatic carbocycles. The zero-order chi connectivity index (χ0) is 13.7. The zero-order valence-electron chi connectivity index (χ0n) is 10.9. The second-order valence-electron chi connectivity index (χ2n) is 4.42.